The number of hydrogen-bond donors (Lipinski definition) is 2. The summed E-state index contributed by atoms with van der Waals surface area (Å²) in [5.74, 6) is 0.652. The number of halogens is 1. The molecule has 2 unspecified atom stereocenters. The summed E-state index contributed by atoms with van der Waals surface area (Å²) in [6.45, 7) is 2.48. The van der Waals surface area contributed by atoms with E-state index in [1.165, 1.54) is 10.8 Å². The highest BCUT2D eigenvalue weighted by molar-refractivity contribution is 5.84. The Labute approximate surface area is 150 Å². The number of rotatable bonds is 4. The molecule has 0 radical (unpaired) electrons. The molecule has 26 heavy (non-hydrogen) atoms. The van der Waals surface area contributed by atoms with Crippen molar-refractivity contribution in [2.45, 2.75) is 31.8 Å². The Morgan fingerprint density at radius 3 is 2.92 bits per heavy atom. The molecule has 134 valence electrons. The first kappa shape index (κ1) is 16.7. The minimum Gasteiger partial charge on any atom is -0.349 e. The molecule has 2 N–H and O–H groups in total. The third kappa shape index (κ3) is 3.30. The largest absolute Gasteiger partial charge is 0.349 e. The molecule has 0 amide bonds. The van der Waals surface area contributed by atoms with Gasteiger partial charge in [-0.15, -0.1) is 5.10 Å². The molecule has 0 spiro atoms. The van der Waals surface area contributed by atoms with Crippen molar-refractivity contribution < 1.29 is 9.18 Å². The number of anilines is 1. The molecule has 0 fully saturated rings. The van der Waals surface area contributed by atoms with Crippen molar-refractivity contribution in [2.75, 3.05) is 11.9 Å². The number of allylic oxidation sites excluding steroid dienone is 2. The molecular weight excluding hydrogens is 333 g/mol. The summed E-state index contributed by atoms with van der Waals surface area (Å²) in [6.07, 6.45) is 5.99. The molecule has 7 heteroatoms. The van der Waals surface area contributed by atoms with Crippen molar-refractivity contribution in [3.05, 3.63) is 53.9 Å². The molecule has 1 aromatic heterocycles. The van der Waals surface area contributed by atoms with E-state index in [0.717, 1.165) is 11.1 Å². The van der Waals surface area contributed by atoms with Crippen LogP contribution in [0.5, 0.6) is 0 Å². The summed E-state index contributed by atoms with van der Waals surface area (Å²) in [5, 5.41) is 10.7. The molecule has 2 atom stereocenters. The first-order valence-corrected chi connectivity index (χ1v) is 8.69. The average Bonchev–Trinajstić information content (AvgIpc) is 3.06. The molecule has 1 aliphatic carbocycles. The van der Waals surface area contributed by atoms with Gasteiger partial charge < -0.3 is 10.6 Å². The minimum absolute atomic E-state index is 0.115. The summed E-state index contributed by atoms with van der Waals surface area (Å²) in [6, 6.07) is 7.36. The number of carbonyl (C=O) groups excluding carboxylic acids is 1. The van der Waals surface area contributed by atoms with E-state index in [1.807, 2.05) is 37.3 Å². The van der Waals surface area contributed by atoms with E-state index in [9.17, 15) is 9.18 Å². The van der Waals surface area contributed by atoms with Crippen LogP contribution in [0.3, 0.4) is 0 Å². The van der Waals surface area contributed by atoms with E-state index in [0.29, 0.717) is 24.7 Å². The number of nitrogens with one attached hydrogen (secondary N) is 2. The Hall–Kier alpha value is -2.80. The predicted molar refractivity (Wildman–Crippen MR) is 97.6 cm³/mol. The maximum atomic E-state index is 13.8. The number of benzene rings is 1. The number of carbonyl (C=O) groups is 1. The van der Waals surface area contributed by atoms with Crippen LogP contribution in [0.2, 0.25) is 0 Å². The van der Waals surface area contributed by atoms with Gasteiger partial charge in [0.2, 0.25) is 5.95 Å². The lowest BCUT2D eigenvalue weighted by Gasteiger charge is -2.26. The van der Waals surface area contributed by atoms with Crippen LogP contribution in [-0.2, 0) is 0 Å². The van der Waals surface area contributed by atoms with Gasteiger partial charge in [0.1, 0.15) is 5.83 Å². The zero-order chi connectivity index (χ0) is 18.1. The maximum Gasteiger partial charge on any atom is 0.252 e. The Morgan fingerprint density at radius 2 is 2.15 bits per heavy atom. The van der Waals surface area contributed by atoms with Crippen molar-refractivity contribution in [3.63, 3.8) is 0 Å². The van der Waals surface area contributed by atoms with Crippen molar-refractivity contribution >= 4 is 11.9 Å². The molecule has 0 saturated heterocycles. The van der Waals surface area contributed by atoms with Crippen LogP contribution in [-0.4, -0.2) is 39.3 Å². The first-order valence-electron chi connectivity index (χ1n) is 8.69. The number of fused-ring (bicyclic) bond motifs is 1. The smallest absolute Gasteiger partial charge is 0.252 e. The van der Waals surface area contributed by atoms with Gasteiger partial charge in [0.25, 0.3) is 5.91 Å². The number of aryl methyl sites for hydroxylation is 1. The third-order valence-electron chi connectivity index (χ3n) is 4.61. The molecule has 1 aromatic carbocycles. The minimum atomic E-state index is -0.334. The Bertz CT molecular complexity index is 884. The summed E-state index contributed by atoms with van der Waals surface area (Å²) in [7, 11) is 0. The zero-order valence-corrected chi connectivity index (χ0v) is 14.4. The van der Waals surface area contributed by atoms with Gasteiger partial charge in [-0.3, -0.25) is 4.79 Å². The monoisotopic (exact) mass is 353 g/mol. The van der Waals surface area contributed by atoms with Crippen LogP contribution < -0.4 is 10.6 Å². The molecule has 6 nitrogen and oxygen atoms in total. The molecule has 2 aliphatic rings. The van der Waals surface area contributed by atoms with Crippen LogP contribution in [0.4, 0.5) is 10.3 Å². The predicted octanol–water partition coefficient (Wildman–Crippen LogP) is 2.85. The fraction of sp³-hybridized carbons (Fsp3) is 0.316. The summed E-state index contributed by atoms with van der Waals surface area (Å²) < 4.78 is 15.1. The number of nitrogens with zero attached hydrogens (tertiary/aromatic N) is 3. The second-order valence-electron chi connectivity index (χ2n) is 6.65. The molecule has 0 bridgehead atoms. The van der Waals surface area contributed by atoms with Crippen LogP contribution in [0.25, 0.3) is 11.4 Å². The number of aromatic nitrogens is 3. The highest BCUT2D eigenvalue weighted by Crippen LogP contribution is 2.22. The zero-order valence-electron chi connectivity index (χ0n) is 14.4. The van der Waals surface area contributed by atoms with Gasteiger partial charge in [-0.05, 0) is 19.4 Å². The summed E-state index contributed by atoms with van der Waals surface area (Å²) >= 11 is 0. The summed E-state index contributed by atoms with van der Waals surface area (Å²) in [5.41, 5.74) is 2.01. The lowest BCUT2D eigenvalue weighted by atomic mass is 10.1. The van der Waals surface area contributed by atoms with Gasteiger partial charge in [-0.1, -0.05) is 42.0 Å². The highest BCUT2D eigenvalue weighted by atomic mass is 19.1. The highest BCUT2D eigenvalue weighted by Gasteiger charge is 2.28. The van der Waals surface area contributed by atoms with Gasteiger partial charge in [0.05, 0.1) is 18.5 Å². The van der Waals surface area contributed by atoms with E-state index in [1.54, 1.807) is 6.08 Å². The van der Waals surface area contributed by atoms with E-state index >= 15 is 0 Å². The normalized spacial score (nSPS) is 21.9. The number of hydrogen-bond acceptors (Lipinski definition) is 5. The maximum absolute atomic E-state index is 13.8. The van der Waals surface area contributed by atoms with E-state index in [4.69, 9.17) is 0 Å². The molecule has 2 heterocycles. The molecule has 0 saturated carbocycles. The lowest BCUT2D eigenvalue weighted by molar-refractivity contribution is 0.0871. The van der Waals surface area contributed by atoms with Crippen LogP contribution in [0.15, 0.2) is 48.3 Å². The van der Waals surface area contributed by atoms with Gasteiger partial charge >= 0.3 is 0 Å². The summed E-state index contributed by atoms with van der Waals surface area (Å²) in [4.78, 5) is 16.9. The van der Waals surface area contributed by atoms with Gasteiger partial charge in [0, 0.05) is 12.1 Å². The Balaban J connectivity index is 1.46. The van der Waals surface area contributed by atoms with E-state index in [-0.39, 0.29) is 30.2 Å². The van der Waals surface area contributed by atoms with Crippen molar-refractivity contribution in [2.24, 2.45) is 0 Å². The topological polar surface area (TPSA) is 71.8 Å². The second kappa shape index (κ2) is 6.84. The third-order valence-corrected chi connectivity index (χ3v) is 4.61. The quantitative estimate of drug-likeness (QED) is 0.884. The van der Waals surface area contributed by atoms with E-state index < -0.39 is 0 Å². The lowest BCUT2D eigenvalue weighted by Crippen LogP contribution is -2.44. The fourth-order valence-corrected chi connectivity index (χ4v) is 3.13. The van der Waals surface area contributed by atoms with Crippen LogP contribution in [0, 0.1) is 6.92 Å². The van der Waals surface area contributed by atoms with Crippen LogP contribution in [0.1, 0.15) is 23.2 Å². The van der Waals surface area contributed by atoms with Gasteiger partial charge in [-0.25, -0.2) is 4.39 Å². The Kier molecular flexibility index (Phi) is 4.38. The van der Waals surface area contributed by atoms with Gasteiger partial charge in [0.15, 0.2) is 5.82 Å². The van der Waals surface area contributed by atoms with Crippen molar-refractivity contribution in [1.29, 1.82) is 0 Å². The van der Waals surface area contributed by atoms with Crippen molar-refractivity contribution in [1.82, 2.24) is 20.1 Å². The SMILES string of the molecule is Cc1ccc(-c2nc3n(n2)C(=O)CC(CNC2CC=CC=C2F)N3)cc1. The fourth-order valence-electron chi connectivity index (χ4n) is 3.13. The van der Waals surface area contributed by atoms with Crippen LogP contribution >= 0.6 is 0 Å². The van der Waals surface area contributed by atoms with Crippen molar-refractivity contribution in [3.8, 4) is 11.4 Å². The second-order valence-corrected chi connectivity index (χ2v) is 6.65. The first-order chi connectivity index (χ1) is 12.6. The molecule has 2 aromatic rings. The average molecular weight is 353 g/mol. The van der Waals surface area contributed by atoms with E-state index in [2.05, 4.69) is 20.7 Å². The van der Waals surface area contributed by atoms with Gasteiger partial charge in [-0.2, -0.15) is 9.67 Å². The molecule has 1 aliphatic heterocycles. The standard InChI is InChI=1S/C19H20FN5O/c1-12-6-8-13(9-7-12)18-23-19-22-14(10-17(26)25(19)24-18)11-21-16-5-3-2-4-15(16)20/h2-4,6-9,14,16,21H,5,10-11H2,1H3,(H,22,23,24). The molecule has 4 rings (SSSR count). The Morgan fingerprint density at radius 1 is 1.35 bits per heavy atom. The molecular formula is C19H20FN5O.